The van der Waals surface area contributed by atoms with Gasteiger partial charge in [-0.15, -0.1) is 0 Å². The molecule has 1 fully saturated rings. The fourth-order valence-electron chi connectivity index (χ4n) is 1.63. The third-order valence-corrected chi connectivity index (χ3v) is 2.55. The van der Waals surface area contributed by atoms with Gasteiger partial charge in [0.2, 0.25) is 11.8 Å². The molecule has 7 nitrogen and oxygen atoms in total. The van der Waals surface area contributed by atoms with Crippen LogP contribution < -0.4 is 10.6 Å². The van der Waals surface area contributed by atoms with Gasteiger partial charge in [-0.3, -0.25) is 19.7 Å². The zero-order chi connectivity index (χ0) is 13.1. The first-order chi connectivity index (χ1) is 8.58. The molecule has 0 saturated carbocycles. The molecule has 0 spiro atoms. The van der Waals surface area contributed by atoms with E-state index in [2.05, 4.69) is 15.6 Å². The number of rotatable bonds is 2. The first-order valence-electron chi connectivity index (χ1n) is 5.36. The summed E-state index contributed by atoms with van der Waals surface area (Å²) in [7, 11) is 0. The van der Waals surface area contributed by atoms with Crippen molar-refractivity contribution in [2.75, 3.05) is 0 Å². The number of aromatic hydroxyl groups is 1. The van der Waals surface area contributed by atoms with Crippen LogP contribution in [0.3, 0.4) is 0 Å². The molecule has 1 saturated heterocycles. The van der Waals surface area contributed by atoms with Gasteiger partial charge in [0.1, 0.15) is 11.8 Å². The van der Waals surface area contributed by atoms with E-state index in [0.29, 0.717) is 0 Å². The van der Waals surface area contributed by atoms with E-state index >= 15 is 0 Å². The van der Waals surface area contributed by atoms with E-state index in [1.807, 2.05) is 0 Å². The van der Waals surface area contributed by atoms with Crippen molar-refractivity contribution in [3.63, 3.8) is 0 Å². The van der Waals surface area contributed by atoms with Gasteiger partial charge in [0, 0.05) is 12.6 Å². The molecular weight excluding hydrogens is 238 g/mol. The molecule has 1 unspecified atom stereocenters. The number of piperidine rings is 1. The molecule has 94 valence electrons. The molecule has 0 bridgehead atoms. The highest BCUT2D eigenvalue weighted by Gasteiger charge is 2.28. The van der Waals surface area contributed by atoms with Crippen LogP contribution >= 0.6 is 0 Å². The van der Waals surface area contributed by atoms with Gasteiger partial charge < -0.3 is 10.4 Å². The van der Waals surface area contributed by atoms with Crippen molar-refractivity contribution in [2.24, 2.45) is 0 Å². The lowest BCUT2D eigenvalue weighted by molar-refractivity contribution is -0.134. The molecule has 1 aliphatic heterocycles. The smallest absolute Gasteiger partial charge is 0.274 e. The number of carbonyl (C=O) groups excluding carboxylic acids is 3. The average molecular weight is 249 g/mol. The van der Waals surface area contributed by atoms with Gasteiger partial charge in [-0.25, -0.2) is 4.98 Å². The largest absolute Gasteiger partial charge is 0.505 e. The second-order valence-electron chi connectivity index (χ2n) is 3.85. The summed E-state index contributed by atoms with van der Waals surface area (Å²) in [5.74, 6) is -1.81. The monoisotopic (exact) mass is 249 g/mol. The maximum Gasteiger partial charge on any atom is 0.274 e. The number of pyridine rings is 1. The molecule has 0 aliphatic carbocycles. The molecule has 3 N–H and O–H groups in total. The lowest BCUT2D eigenvalue weighted by Crippen LogP contribution is -2.52. The summed E-state index contributed by atoms with van der Waals surface area (Å²) in [6, 6.07) is 2.03. The molecular formula is C11H11N3O4. The predicted octanol–water partition coefficient (Wildman–Crippen LogP) is -0.678. The van der Waals surface area contributed by atoms with Gasteiger partial charge in [0.25, 0.3) is 5.91 Å². The van der Waals surface area contributed by atoms with E-state index in [0.717, 1.165) is 0 Å². The number of amides is 3. The fraction of sp³-hybridized carbons (Fsp3) is 0.273. The number of hydrogen-bond donors (Lipinski definition) is 3. The Bertz CT molecular complexity index is 515. The van der Waals surface area contributed by atoms with Crippen LogP contribution in [-0.4, -0.2) is 33.9 Å². The van der Waals surface area contributed by atoms with E-state index in [-0.39, 0.29) is 30.2 Å². The zero-order valence-corrected chi connectivity index (χ0v) is 9.34. The van der Waals surface area contributed by atoms with E-state index < -0.39 is 17.9 Å². The Kier molecular flexibility index (Phi) is 3.22. The topological polar surface area (TPSA) is 108 Å². The summed E-state index contributed by atoms with van der Waals surface area (Å²) in [4.78, 5) is 37.8. The molecule has 0 aromatic carbocycles. The molecule has 18 heavy (non-hydrogen) atoms. The van der Waals surface area contributed by atoms with E-state index in [1.54, 1.807) is 0 Å². The van der Waals surface area contributed by atoms with Crippen molar-refractivity contribution in [3.8, 4) is 5.75 Å². The van der Waals surface area contributed by atoms with Crippen molar-refractivity contribution in [3.05, 3.63) is 24.0 Å². The SMILES string of the molecule is O=C1CCC(NC(=O)c2ncccc2O)C(=O)N1. The summed E-state index contributed by atoms with van der Waals surface area (Å²) in [6.07, 6.45) is 1.77. The summed E-state index contributed by atoms with van der Waals surface area (Å²) >= 11 is 0. The average Bonchev–Trinajstić information content (AvgIpc) is 2.33. The minimum atomic E-state index is -0.781. The number of hydrogen-bond acceptors (Lipinski definition) is 5. The first-order valence-corrected chi connectivity index (χ1v) is 5.36. The molecule has 2 heterocycles. The normalized spacial score (nSPS) is 19.2. The minimum absolute atomic E-state index is 0.151. The maximum absolute atomic E-state index is 11.8. The highest BCUT2D eigenvalue weighted by atomic mass is 16.3. The van der Waals surface area contributed by atoms with Crippen LogP contribution in [0.2, 0.25) is 0 Å². The molecule has 2 rings (SSSR count). The number of nitrogens with one attached hydrogen (secondary N) is 2. The van der Waals surface area contributed by atoms with Crippen molar-refractivity contribution in [1.29, 1.82) is 0 Å². The van der Waals surface area contributed by atoms with Gasteiger partial charge in [0.05, 0.1) is 0 Å². The molecule has 7 heteroatoms. The van der Waals surface area contributed by atoms with Crippen LogP contribution in [0.5, 0.6) is 5.75 Å². The number of nitrogens with zero attached hydrogens (tertiary/aromatic N) is 1. The Balaban J connectivity index is 2.06. The summed E-state index contributed by atoms with van der Waals surface area (Å²) in [6.45, 7) is 0. The van der Waals surface area contributed by atoms with Gasteiger partial charge in [-0.05, 0) is 18.6 Å². The molecule has 0 radical (unpaired) electrons. The second-order valence-corrected chi connectivity index (χ2v) is 3.85. The van der Waals surface area contributed by atoms with E-state index in [9.17, 15) is 19.5 Å². The maximum atomic E-state index is 11.8. The zero-order valence-electron chi connectivity index (χ0n) is 9.34. The molecule has 1 aromatic rings. The second kappa shape index (κ2) is 4.82. The lowest BCUT2D eigenvalue weighted by atomic mass is 10.1. The highest BCUT2D eigenvalue weighted by Crippen LogP contribution is 2.13. The van der Waals surface area contributed by atoms with Crippen LogP contribution in [0.15, 0.2) is 18.3 Å². The minimum Gasteiger partial charge on any atom is -0.505 e. The van der Waals surface area contributed by atoms with Crippen LogP contribution in [0.4, 0.5) is 0 Å². The standard InChI is InChI=1S/C11H11N3O4/c15-7-2-1-5-12-9(7)11(18)13-6-3-4-8(16)14-10(6)17/h1-2,5-6,15H,3-4H2,(H,13,18)(H,14,16,17). The Morgan fingerprint density at radius 3 is 2.94 bits per heavy atom. The third-order valence-electron chi connectivity index (χ3n) is 2.55. The number of aromatic nitrogens is 1. The fourth-order valence-corrected chi connectivity index (χ4v) is 1.63. The highest BCUT2D eigenvalue weighted by molar-refractivity contribution is 6.03. The molecule has 1 atom stereocenters. The Morgan fingerprint density at radius 1 is 1.50 bits per heavy atom. The van der Waals surface area contributed by atoms with E-state index in [4.69, 9.17) is 0 Å². The quantitative estimate of drug-likeness (QED) is 0.602. The molecule has 1 aliphatic rings. The van der Waals surface area contributed by atoms with Crippen LogP contribution in [0, 0.1) is 0 Å². The molecule has 1 aromatic heterocycles. The van der Waals surface area contributed by atoms with Crippen molar-refractivity contribution >= 4 is 17.7 Å². The van der Waals surface area contributed by atoms with Gasteiger partial charge >= 0.3 is 0 Å². The van der Waals surface area contributed by atoms with Crippen molar-refractivity contribution in [1.82, 2.24) is 15.6 Å². The van der Waals surface area contributed by atoms with Crippen LogP contribution in [0.25, 0.3) is 0 Å². The Labute approximate surface area is 102 Å². The van der Waals surface area contributed by atoms with Gasteiger partial charge in [0.15, 0.2) is 5.69 Å². The third kappa shape index (κ3) is 2.45. The predicted molar refractivity (Wildman–Crippen MR) is 59.5 cm³/mol. The lowest BCUT2D eigenvalue weighted by Gasteiger charge is -2.21. The summed E-state index contributed by atoms with van der Waals surface area (Å²) in [5, 5.41) is 14.0. The summed E-state index contributed by atoms with van der Waals surface area (Å²) < 4.78 is 0. The van der Waals surface area contributed by atoms with Gasteiger partial charge in [-0.1, -0.05) is 0 Å². The van der Waals surface area contributed by atoms with Gasteiger partial charge in [-0.2, -0.15) is 0 Å². The Morgan fingerprint density at radius 2 is 2.28 bits per heavy atom. The molecule has 3 amide bonds. The Hall–Kier alpha value is -2.44. The van der Waals surface area contributed by atoms with E-state index in [1.165, 1.54) is 18.3 Å². The van der Waals surface area contributed by atoms with Crippen molar-refractivity contribution in [2.45, 2.75) is 18.9 Å². The van der Waals surface area contributed by atoms with Crippen LogP contribution in [-0.2, 0) is 9.59 Å². The van der Waals surface area contributed by atoms with Crippen molar-refractivity contribution < 1.29 is 19.5 Å². The first kappa shape index (κ1) is 12.0. The summed E-state index contributed by atoms with van der Waals surface area (Å²) in [5.41, 5.74) is -0.151. The van der Waals surface area contributed by atoms with Crippen LogP contribution in [0.1, 0.15) is 23.3 Å². The number of carbonyl (C=O) groups is 3. The number of imide groups is 1.